The lowest BCUT2D eigenvalue weighted by atomic mass is 10.0. The van der Waals surface area contributed by atoms with Crippen molar-refractivity contribution in [3.8, 4) is 0 Å². The van der Waals surface area contributed by atoms with Gasteiger partial charge in [0.25, 0.3) is 0 Å². The molecule has 1 aliphatic carbocycles. The van der Waals surface area contributed by atoms with Crippen molar-refractivity contribution >= 4 is 49.2 Å². The summed E-state index contributed by atoms with van der Waals surface area (Å²) in [6.07, 6.45) is 3.56. The van der Waals surface area contributed by atoms with Crippen LogP contribution in [0.25, 0.3) is 0 Å². The van der Waals surface area contributed by atoms with Gasteiger partial charge in [-0.05, 0) is 47.0 Å². The zero-order valence-corrected chi connectivity index (χ0v) is 14.0. The molecule has 1 fully saturated rings. The van der Waals surface area contributed by atoms with Gasteiger partial charge in [-0.3, -0.25) is 0 Å². The van der Waals surface area contributed by atoms with E-state index < -0.39 is 15.6 Å². The van der Waals surface area contributed by atoms with Gasteiger partial charge in [-0.15, -0.1) is 11.6 Å². The van der Waals surface area contributed by atoms with Gasteiger partial charge in [-0.1, -0.05) is 24.4 Å². The van der Waals surface area contributed by atoms with E-state index in [0.717, 1.165) is 25.7 Å². The van der Waals surface area contributed by atoms with Gasteiger partial charge in [0.05, 0.1) is 9.92 Å². The van der Waals surface area contributed by atoms with Crippen molar-refractivity contribution < 1.29 is 8.42 Å². The summed E-state index contributed by atoms with van der Waals surface area (Å²) >= 11 is 15.1. The van der Waals surface area contributed by atoms with Crippen LogP contribution in [-0.4, -0.2) is 19.8 Å². The Morgan fingerprint density at radius 1 is 1.32 bits per heavy atom. The first-order valence-electron chi connectivity index (χ1n) is 5.94. The molecule has 0 radical (unpaired) electrons. The molecule has 3 nitrogen and oxygen atoms in total. The van der Waals surface area contributed by atoms with E-state index in [0.29, 0.717) is 15.4 Å². The normalized spacial score (nSPS) is 18.7. The second-order valence-corrected chi connectivity index (χ2v) is 8.01. The molecule has 7 heteroatoms. The van der Waals surface area contributed by atoms with Gasteiger partial charge in [-0.25, -0.2) is 13.1 Å². The molecule has 0 unspecified atom stereocenters. The van der Waals surface area contributed by atoms with Crippen LogP contribution in [-0.2, 0) is 10.0 Å². The van der Waals surface area contributed by atoms with Gasteiger partial charge in [0.2, 0.25) is 10.0 Å². The van der Waals surface area contributed by atoms with E-state index in [-0.39, 0.29) is 4.90 Å². The SMILES string of the molecule is O=S(=O)(NC1(CCl)CCCC1)c1ccc(Cl)c(Br)c1. The molecular formula is C12H14BrCl2NO2S. The van der Waals surface area contributed by atoms with Gasteiger partial charge in [0.1, 0.15) is 0 Å². The lowest BCUT2D eigenvalue weighted by molar-refractivity contribution is 0.433. The van der Waals surface area contributed by atoms with Crippen LogP contribution >= 0.6 is 39.1 Å². The molecule has 1 N–H and O–H groups in total. The van der Waals surface area contributed by atoms with Crippen molar-refractivity contribution in [1.29, 1.82) is 0 Å². The molecule has 0 heterocycles. The standard InChI is InChI=1S/C12H14BrCl2NO2S/c13-10-7-9(3-4-11(10)15)19(17,18)16-12(8-14)5-1-2-6-12/h3-4,7,16H,1-2,5-6,8H2. The molecule has 2 rings (SSSR count). The second-order valence-electron chi connectivity index (χ2n) is 4.80. The lowest BCUT2D eigenvalue weighted by Crippen LogP contribution is -2.47. The minimum Gasteiger partial charge on any atom is -0.207 e. The first-order chi connectivity index (χ1) is 8.88. The minimum atomic E-state index is -3.58. The van der Waals surface area contributed by atoms with Gasteiger partial charge in [0, 0.05) is 15.9 Å². The van der Waals surface area contributed by atoms with E-state index in [1.54, 1.807) is 6.07 Å². The van der Waals surface area contributed by atoms with Crippen LogP contribution in [0.1, 0.15) is 25.7 Å². The summed E-state index contributed by atoms with van der Waals surface area (Å²) in [6, 6.07) is 4.55. The first kappa shape index (κ1) is 15.6. The molecule has 19 heavy (non-hydrogen) atoms. The second kappa shape index (κ2) is 5.90. The van der Waals surface area contributed by atoms with E-state index in [9.17, 15) is 8.42 Å². The monoisotopic (exact) mass is 385 g/mol. The smallest absolute Gasteiger partial charge is 0.207 e. The van der Waals surface area contributed by atoms with Crippen molar-refractivity contribution in [3.63, 3.8) is 0 Å². The quantitative estimate of drug-likeness (QED) is 0.796. The van der Waals surface area contributed by atoms with Crippen LogP contribution in [0.4, 0.5) is 0 Å². The molecule has 1 saturated carbocycles. The summed E-state index contributed by atoms with van der Waals surface area (Å²) < 4.78 is 28.1. The predicted octanol–water partition coefficient (Wildman–Crippen LogP) is 3.93. The van der Waals surface area contributed by atoms with E-state index in [1.165, 1.54) is 12.1 Å². The highest BCUT2D eigenvalue weighted by Gasteiger charge is 2.37. The summed E-state index contributed by atoms with van der Waals surface area (Å²) in [5, 5.41) is 0.479. The Morgan fingerprint density at radius 2 is 1.95 bits per heavy atom. The number of alkyl halides is 1. The van der Waals surface area contributed by atoms with Crippen LogP contribution < -0.4 is 4.72 Å². The Hall–Kier alpha value is 0.190. The fourth-order valence-electron chi connectivity index (χ4n) is 2.30. The van der Waals surface area contributed by atoms with Crippen LogP contribution in [0.3, 0.4) is 0 Å². The highest BCUT2D eigenvalue weighted by atomic mass is 79.9. The maximum atomic E-state index is 12.4. The average molecular weight is 387 g/mol. The molecule has 0 atom stereocenters. The van der Waals surface area contributed by atoms with E-state index in [4.69, 9.17) is 23.2 Å². The van der Waals surface area contributed by atoms with Crippen LogP contribution in [0, 0.1) is 0 Å². The third-order valence-electron chi connectivity index (χ3n) is 3.37. The summed E-state index contributed by atoms with van der Waals surface area (Å²) in [5.41, 5.74) is -0.507. The van der Waals surface area contributed by atoms with E-state index in [2.05, 4.69) is 20.7 Å². The Morgan fingerprint density at radius 3 is 2.47 bits per heavy atom. The fourth-order valence-corrected chi connectivity index (χ4v) is 4.85. The third-order valence-corrected chi connectivity index (χ3v) is 6.67. The largest absolute Gasteiger partial charge is 0.241 e. The van der Waals surface area contributed by atoms with Crippen molar-refractivity contribution in [3.05, 3.63) is 27.7 Å². The molecule has 1 aliphatic rings. The van der Waals surface area contributed by atoms with E-state index in [1.807, 2.05) is 0 Å². The molecule has 1 aromatic carbocycles. The molecule has 1 aromatic rings. The van der Waals surface area contributed by atoms with Crippen molar-refractivity contribution in [2.75, 3.05) is 5.88 Å². The zero-order chi connectivity index (χ0) is 14.1. The van der Waals surface area contributed by atoms with E-state index >= 15 is 0 Å². The van der Waals surface area contributed by atoms with Crippen molar-refractivity contribution in [2.24, 2.45) is 0 Å². The van der Waals surface area contributed by atoms with Gasteiger partial charge < -0.3 is 0 Å². The number of halogens is 3. The molecule has 0 spiro atoms. The molecular weight excluding hydrogens is 373 g/mol. The Kier molecular flexibility index (Phi) is 4.83. The van der Waals surface area contributed by atoms with Gasteiger partial charge in [-0.2, -0.15) is 0 Å². The van der Waals surface area contributed by atoms with Gasteiger partial charge in [0.15, 0.2) is 0 Å². The van der Waals surface area contributed by atoms with Crippen LogP contribution in [0.2, 0.25) is 5.02 Å². The molecule has 0 saturated heterocycles. The average Bonchev–Trinajstić information content (AvgIpc) is 2.81. The minimum absolute atomic E-state index is 0.195. The Balaban J connectivity index is 2.29. The zero-order valence-electron chi connectivity index (χ0n) is 10.1. The topological polar surface area (TPSA) is 46.2 Å². The number of sulfonamides is 1. The number of nitrogens with one attached hydrogen (secondary N) is 1. The first-order valence-corrected chi connectivity index (χ1v) is 9.12. The molecule has 0 aliphatic heterocycles. The number of rotatable bonds is 4. The number of hydrogen-bond acceptors (Lipinski definition) is 2. The summed E-state index contributed by atoms with van der Waals surface area (Å²) in [4.78, 5) is 0.195. The highest BCUT2D eigenvalue weighted by Crippen LogP contribution is 2.33. The van der Waals surface area contributed by atoms with Crippen LogP contribution in [0.5, 0.6) is 0 Å². The summed E-state index contributed by atoms with van der Waals surface area (Å²) in [6.45, 7) is 0. The highest BCUT2D eigenvalue weighted by molar-refractivity contribution is 9.10. The summed E-state index contributed by atoms with van der Waals surface area (Å²) in [5.74, 6) is 0.293. The predicted molar refractivity (Wildman–Crippen MR) is 81.4 cm³/mol. The summed E-state index contributed by atoms with van der Waals surface area (Å²) in [7, 11) is -3.58. The molecule has 0 aromatic heterocycles. The van der Waals surface area contributed by atoms with Crippen LogP contribution in [0.15, 0.2) is 27.6 Å². The Labute approximate surface area is 131 Å². The molecule has 0 bridgehead atoms. The maximum absolute atomic E-state index is 12.4. The van der Waals surface area contributed by atoms with Gasteiger partial charge >= 0.3 is 0 Å². The number of benzene rings is 1. The van der Waals surface area contributed by atoms with Crippen molar-refractivity contribution in [1.82, 2.24) is 4.72 Å². The van der Waals surface area contributed by atoms with Crippen molar-refractivity contribution in [2.45, 2.75) is 36.1 Å². The third kappa shape index (κ3) is 3.45. The lowest BCUT2D eigenvalue weighted by Gasteiger charge is -2.27. The maximum Gasteiger partial charge on any atom is 0.241 e. The molecule has 0 amide bonds. The Bertz CT molecular complexity index is 571. The number of hydrogen-bond donors (Lipinski definition) is 1. The fraction of sp³-hybridized carbons (Fsp3) is 0.500. The molecule has 106 valence electrons.